The molecule has 0 saturated carbocycles. The number of rotatable bonds is 10. The van der Waals surface area contributed by atoms with Gasteiger partial charge in [-0.3, -0.25) is 14.4 Å². The molecule has 8 atom stereocenters. The summed E-state index contributed by atoms with van der Waals surface area (Å²) in [5.41, 5.74) is 11.0. The van der Waals surface area contributed by atoms with Crippen molar-refractivity contribution in [2.45, 2.75) is 56.2 Å². The average molecular weight is 606 g/mol. The van der Waals surface area contributed by atoms with Crippen molar-refractivity contribution in [1.29, 1.82) is 0 Å². The second-order valence-electron chi connectivity index (χ2n) is 11.1. The van der Waals surface area contributed by atoms with Crippen LogP contribution in [0.2, 0.25) is 0 Å². The van der Waals surface area contributed by atoms with Crippen LogP contribution in [0.4, 0.5) is 0 Å². The van der Waals surface area contributed by atoms with Gasteiger partial charge in [0.05, 0.1) is 24.0 Å². The number of nitrogens with one attached hydrogen (secondary N) is 2. The monoisotopic (exact) mass is 605 g/mol. The van der Waals surface area contributed by atoms with E-state index in [-0.39, 0.29) is 65.7 Å². The highest BCUT2D eigenvalue weighted by molar-refractivity contribution is 8.03. The number of nitrogens with two attached hydrogens (primary N) is 2. The summed E-state index contributed by atoms with van der Waals surface area (Å²) < 4.78 is 1.26. The van der Waals surface area contributed by atoms with E-state index in [2.05, 4.69) is 31.2 Å². The Labute approximate surface area is 245 Å². The molecule has 0 spiro atoms. The van der Waals surface area contributed by atoms with Crippen LogP contribution >= 0.6 is 11.8 Å². The molecule has 0 radical (unpaired) electrons. The van der Waals surface area contributed by atoms with Crippen molar-refractivity contribution < 1.29 is 29.4 Å². The summed E-state index contributed by atoms with van der Waals surface area (Å²) in [6.07, 6.45) is 1.77. The predicted molar refractivity (Wildman–Crippen MR) is 148 cm³/mol. The summed E-state index contributed by atoms with van der Waals surface area (Å²) in [7, 11) is 0. The van der Waals surface area contributed by atoms with Gasteiger partial charge in [-0.15, -0.1) is 16.9 Å². The molecule has 4 aliphatic rings. The number of hydrogen-bond donors (Lipinski definition) is 6. The number of carbonyl (C=O) groups is 4. The van der Waals surface area contributed by atoms with Crippen LogP contribution in [-0.2, 0) is 25.7 Å². The third-order valence-corrected chi connectivity index (χ3v) is 9.88. The molecule has 0 aromatic carbocycles. The van der Waals surface area contributed by atoms with Gasteiger partial charge < -0.3 is 42.1 Å². The normalized spacial score (nSPS) is 31.1. The first-order valence-electron chi connectivity index (χ1n) is 13.7. The van der Waals surface area contributed by atoms with E-state index in [1.807, 2.05) is 6.92 Å². The maximum absolute atomic E-state index is 13.3. The summed E-state index contributed by atoms with van der Waals surface area (Å²) in [6.45, 7) is 4.47. The maximum Gasteiger partial charge on any atom is 0.353 e. The first-order chi connectivity index (χ1) is 20.0. The van der Waals surface area contributed by atoms with Gasteiger partial charge in [-0.25, -0.2) is 14.5 Å². The van der Waals surface area contributed by atoms with Crippen molar-refractivity contribution in [3.63, 3.8) is 0 Å². The van der Waals surface area contributed by atoms with Crippen LogP contribution < -0.4 is 22.1 Å². The van der Waals surface area contributed by atoms with Crippen LogP contribution in [0.3, 0.4) is 0 Å². The Morgan fingerprint density at radius 2 is 2.07 bits per heavy atom. The van der Waals surface area contributed by atoms with E-state index in [4.69, 9.17) is 11.5 Å². The van der Waals surface area contributed by atoms with Crippen molar-refractivity contribution in [2.75, 3.05) is 26.2 Å². The number of fused-ring (bicyclic) bond motifs is 1. The Bertz CT molecular complexity index is 1300. The Kier molecular flexibility index (Phi) is 8.38. The van der Waals surface area contributed by atoms with E-state index < -0.39 is 30.0 Å². The smallest absolute Gasteiger partial charge is 0.353 e. The molecule has 0 unspecified atom stereocenters. The molecule has 3 amide bonds. The van der Waals surface area contributed by atoms with E-state index in [1.165, 1.54) is 27.7 Å². The minimum Gasteiger partial charge on any atom is -0.477 e. The van der Waals surface area contributed by atoms with Crippen molar-refractivity contribution in [3.8, 4) is 0 Å². The zero-order valence-electron chi connectivity index (χ0n) is 23.2. The number of aliphatic carboxylic acids is 1. The minimum atomic E-state index is -1.19. The van der Waals surface area contributed by atoms with Gasteiger partial charge in [0.15, 0.2) is 5.96 Å². The molecule has 42 heavy (non-hydrogen) atoms. The third kappa shape index (κ3) is 5.52. The van der Waals surface area contributed by atoms with Gasteiger partial charge in [0, 0.05) is 54.3 Å². The Morgan fingerprint density at radius 3 is 2.71 bits per heavy atom. The molecular formula is C24H35N11O6S. The molecule has 3 fully saturated rings. The number of aliphatic hydroxyl groups is 1. The minimum absolute atomic E-state index is 0.0360. The fourth-order valence-electron chi connectivity index (χ4n) is 6.42. The summed E-state index contributed by atoms with van der Waals surface area (Å²) in [5.74, 6) is -3.25. The summed E-state index contributed by atoms with van der Waals surface area (Å²) in [5, 5.41) is 36.4. The number of β-lactam (4-membered cyclic amide) rings is 1. The molecular weight excluding hydrogens is 570 g/mol. The number of amides is 3. The number of aliphatic imine (C=N–C) groups is 1. The molecule has 3 saturated heterocycles. The molecule has 228 valence electrons. The highest BCUT2D eigenvalue weighted by Gasteiger charge is 2.60. The van der Waals surface area contributed by atoms with E-state index in [0.29, 0.717) is 31.0 Å². The van der Waals surface area contributed by atoms with Gasteiger partial charge in [-0.1, -0.05) is 6.92 Å². The molecule has 17 nitrogen and oxygen atoms in total. The third-order valence-electron chi connectivity index (χ3n) is 8.37. The van der Waals surface area contributed by atoms with Crippen molar-refractivity contribution in [2.24, 2.45) is 34.2 Å². The number of likely N-dealkylation sites (tertiary alicyclic amines) is 1. The van der Waals surface area contributed by atoms with Gasteiger partial charge >= 0.3 is 5.97 Å². The summed E-state index contributed by atoms with van der Waals surface area (Å²) >= 11 is 1.38. The number of tetrazole rings is 1. The van der Waals surface area contributed by atoms with Crippen molar-refractivity contribution in [1.82, 2.24) is 40.6 Å². The van der Waals surface area contributed by atoms with Crippen LogP contribution in [0.25, 0.3) is 0 Å². The number of thioether (sulfide) groups is 1. The molecule has 5 rings (SSSR count). The lowest BCUT2D eigenvalue weighted by Gasteiger charge is -2.47. The SMILES string of the molecule is C[C@@H](NC(=O)Cn1cnnn1)[C@H]1C(=O)N2C(C(=O)O)=C(S[C@@H]3CN[C@H](C(=O)N4C[C@@H](CO)[C@H](N=C(N)N)C4)C3)[C@H](C)[C@H]12. The molecule has 0 aliphatic carbocycles. The number of carbonyl (C=O) groups excluding carboxylic acids is 3. The first-order valence-corrected chi connectivity index (χ1v) is 14.6. The summed E-state index contributed by atoms with van der Waals surface area (Å²) in [4.78, 5) is 59.0. The second kappa shape index (κ2) is 11.8. The van der Waals surface area contributed by atoms with Crippen LogP contribution in [0, 0.1) is 17.8 Å². The molecule has 1 aromatic rings. The lowest BCUT2D eigenvalue weighted by atomic mass is 9.78. The Morgan fingerprint density at radius 1 is 1.31 bits per heavy atom. The van der Waals surface area contributed by atoms with E-state index >= 15 is 0 Å². The average Bonchev–Trinajstić information content (AvgIpc) is 3.71. The number of aliphatic hydroxyl groups excluding tert-OH is 1. The molecule has 5 heterocycles. The van der Waals surface area contributed by atoms with Gasteiger partial charge in [0.1, 0.15) is 18.6 Å². The van der Waals surface area contributed by atoms with Gasteiger partial charge in [-0.05, 0) is 23.8 Å². The number of carboxylic acid groups (broad SMARTS) is 1. The molecule has 1 aromatic heterocycles. The molecule has 18 heteroatoms. The maximum atomic E-state index is 13.3. The van der Waals surface area contributed by atoms with Crippen LogP contribution in [0.1, 0.15) is 20.3 Å². The van der Waals surface area contributed by atoms with Crippen molar-refractivity contribution in [3.05, 3.63) is 16.9 Å². The lowest BCUT2D eigenvalue weighted by Crippen LogP contribution is -2.66. The fourth-order valence-corrected chi connectivity index (χ4v) is 7.90. The van der Waals surface area contributed by atoms with Crippen molar-refractivity contribution >= 4 is 41.4 Å². The largest absolute Gasteiger partial charge is 0.477 e. The number of hydrogen-bond acceptors (Lipinski definition) is 11. The predicted octanol–water partition coefficient (Wildman–Crippen LogP) is -3.49. The first kappa shape index (κ1) is 29.7. The zero-order chi connectivity index (χ0) is 30.3. The summed E-state index contributed by atoms with van der Waals surface area (Å²) in [6, 6.07) is -1.80. The fraction of sp³-hybridized carbons (Fsp3) is 0.667. The van der Waals surface area contributed by atoms with Crippen LogP contribution in [0.5, 0.6) is 0 Å². The van der Waals surface area contributed by atoms with Crippen LogP contribution in [-0.4, -0.2) is 126 Å². The highest BCUT2D eigenvalue weighted by atomic mass is 32.2. The van der Waals surface area contributed by atoms with E-state index in [0.717, 1.165) is 0 Å². The van der Waals surface area contributed by atoms with Gasteiger partial charge in [0.25, 0.3) is 0 Å². The quantitative estimate of drug-likeness (QED) is 0.0862. The second-order valence-corrected chi connectivity index (χ2v) is 12.5. The number of nitrogens with zero attached hydrogens (tertiary/aromatic N) is 7. The number of guanidine groups is 1. The molecule has 8 N–H and O–H groups in total. The zero-order valence-corrected chi connectivity index (χ0v) is 24.0. The van der Waals surface area contributed by atoms with E-state index in [1.54, 1.807) is 11.8 Å². The standard InChI is InChI=1S/C24H35N11O6S/c1-10-18-17(11(2)29-16(37)7-34-9-28-31-32-34)22(39)35(18)19(23(40)41)20(10)42-13-3-14(27-4-13)21(38)33-5-12(8-36)15(6-33)30-24(25)26/h9-15,17-18,27,36H,3-8H2,1-2H3,(H,29,37)(H,40,41)(H4,25,26,30)/t10-,11-,12+,13+,14+,15-,17-,18-/m1/s1. The molecule has 4 aliphatic heterocycles. The van der Waals surface area contributed by atoms with Crippen LogP contribution in [0.15, 0.2) is 21.9 Å². The molecule has 0 bridgehead atoms. The number of aromatic nitrogens is 4. The Hall–Kier alpha value is -3.77. The van der Waals surface area contributed by atoms with E-state index in [9.17, 15) is 29.4 Å². The Balaban J connectivity index is 1.22. The van der Waals surface area contributed by atoms with Gasteiger partial charge in [0.2, 0.25) is 17.7 Å². The number of carboxylic acids is 1. The lowest BCUT2D eigenvalue weighted by molar-refractivity contribution is -0.158. The highest BCUT2D eigenvalue weighted by Crippen LogP contribution is 2.51. The topological polar surface area (TPSA) is 247 Å². The van der Waals surface area contributed by atoms with Gasteiger partial charge in [-0.2, -0.15) is 0 Å².